The molecule has 1 aromatic heterocycles. The second-order valence-corrected chi connectivity index (χ2v) is 5.00. The number of rotatable bonds is 5. The zero-order valence-electron chi connectivity index (χ0n) is 11.7. The van der Waals surface area contributed by atoms with Crippen LogP contribution in [0.4, 0.5) is 4.79 Å². The van der Waals surface area contributed by atoms with Crippen LogP contribution in [0.15, 0.2) is 18.3 Å². The molecule has 1 atom stereocenters. The number of carbonyl (C=O) groups is 2. The molecule has 1 unspecified atom stereocenters. The largest absolute Gasteiger partial charge is 0.477 e. The van der Waals surface area contributed by atoms with Crippen molar-refractivity contribution in [1.82, 2.24) is 15.6 Å². The molecule has 1 aromatic rings. The lowest BCUT2D eigenvalue weighted by Crippen LogP contribution is -2.39. The second-order valence-electron chi connectivity index (χ2n) is 5.00. The van der Waals surface area contributed by atoms with Gasteiger partial charge < -0.3 is 20.5 Å². The van der Waals surface area contributed by atoms with Crippen molar-refractivity contribution in [3.05, 3.63) is 29.6 Å². The molecule has 7 nitrogen and oxygen atoms in total. The molecule has 1 fully saturated rings. The Bertz CT molecular complexity index is 483. The molecular weight excluding hydrogens is 274 g/mol. The van der Waals surface area contributed by atoms with Gasteiger partial charge in [0.15, 0.2) is 0 Å². The Kier molecular flexibility index (Phi) is 5.51. The van der Waals surface area contributed by atoms with Gasteiger partial charge in [-0.05, 0) is 30.4 Å². The van der Waals surface area contributed by atoms with Gasteiger partial charge in [-0.2, -0.15) is 0 Å². The zero-order chi connectivity index (χ0) is 15.1. The van der Waals surface area contributed by atoms with Crippen LogP contribution in [0, 0.1) is 5.92 Å². The molecule has 114 valence electrons. The first-order chi connectivity index (χ1) is 10.1. The summed E-state index contributed by atoms with van der Waals surface area (Å²) in [5.74, 6) is -0.692. The highest BCUT2D eigenvalue weighted by molar-refractivity contribution is 5.85. The SMILES string of the molecule is O=C(NCc1ccc(C(=O)O)nc1)NCC1CCCOC1. The lowest BCUT2D eigenvalue weighted by atomic mass is 10.0. The maximum Gasteiger partial charge on any atom is 0.354 e. The predicted octanol–water partition coefficient (Wildman–Crippen LogP) is 1.01. The third-order valence-corrected chi connectivity index (χ3v) is 3.30. The Morgan fingerprint density at radius 3 is 2.86 bits per heavy atom. The minimum Gasteiger partial charge on any atom is -0.477 e. The third kappa shape index (κ3) is 5.03. The van der Waals surface area contributed by atoms with Crippen LogP contribution < -0.4 is 10.6 Å². The van der Waals surface area contributed by atoms with Gasteiger partial charge in [0, 0.05) is 25.9 Å². The standard InChI is InChI=1S/C14H19N3O4/c18-13(19)12-4-3-10(6-15-12)7-16-14(20)17-8-11-2-1-5-21-9-11/h3-4,6,11H,1-2,5,7-9H2,(H,18,19)(H2,16,17,20). The molecule has 0 aliphatic carbocycles. The van der Waals surface area contributed by atoms with Gasteiger partial charge in [-0.1, -0.05) is 6.07 Å². The summed E-state index contributed by atoms with van der Waals surface area (Å²) in [6.07, 6.45) is 3.55. The van der Waals surface area contributed by atoms with Gasteiger partial charge in [0.05, 0.1) is 6.61 Å². The smallest absolute Gasteiger partial charge is 0.354 e. The average molecular weight is 293 g/mol. The molecule has 1 aliphatic heterocycles. The van der Waals surface area contributed by atoms with E-state index in [1.54, 1.807) is 6.07 Å². The summed E-state index contributed by atoms with van der Waals surface area (Å²) in [6, 6.07) is 2.80. The number of nitrogens with zero attached hydrogens (tertiary/aromatic N) is 1. The summed E-state index contributed by atoms with van der Waals surface area (Å²) in [6.45, 7) is 2.41. The van der Waals surface area contributed by atoms with Crippen LogP contribution in [-0.2, 0) is 11.3 Å². The molecule has 0 radical (unpaired) electrons. The maximum atomic E-state index is 11.7. The van der Waals surface area contributed by atoms with Crippen molar-refractivity contribution in [1.29, 1.82) is 0 Å². The molecule has 0 bridgehead atoms. The van der Waals surface area contributed by atoms with Gasteiger partial charge in [0.1, 0.15) is 5.69 Å². The van der Waals surface area contributed by atoms with Gasteiger partial charge in [0.2, 0.25) is 0 Å². The lowest BCUT2D eigenvalue weighted by molar-refractivity contribution is 0.0557. The van der Waals surface area contributed by atoms with Crippen LogP contribution in [0.5, 0.6) is 0 Å². The summed E-state index contributed by atoms with van der Waals surface area (Å²) >= 11 is 0. The quantitative estimate of drug-likeness (QED) is 0.752. The molecule has 2 rings (SSSR count). The Morgan fingerprint density at radius 2 is 2.24 bits per heavy atom. The van der Waals surface area contributed by atoms with E-state index >= 15 is 0 Å². The zero-order valence-corrected chi connectivity index (χ0v) is 11.7. The highest BCUT2D eigenvalue weighted by atomic mass is 16.5. The van der Waals surface area contributed by atoms with Gasteiger partial charge >= 0.3 is 12.0 Å². The highest BCUT2D eigenvalue weighted by Crippen LogP contribution is 2.11. The minimum absolute atomic E-state index is 0.0134. The van der Waals surface area contributed by atoms with Crippen LogP contribution in [0.25, 0.3) is 0 Å². The van der Waals surface area contributed by atoms with Crippen LogP contribution in [0.1, 0.15) is 28.9 Å². The van der Waals surface area contributed by atoms with E-state index in [-0.39, 0.29) is 11.7 Å². The number of aromatic carboxylic acids is 1. The number of pyridine rings is 1. The Labute approximate surface area is 122 Å². The van der Waals surface area contributed by atoms with Crippen molar-refractivity contribution >= 4 is 12.0 Å². The predicted molar refractivity (Wildman–Crippen MR) is 75.0 cm³/mol. The number of nitrogens with one attached hydrogen (secondary N) is 2. The molecule has 21 heavy (non-hydrogen) atoms. The average Bonchev–Trinajstić information content (AvgIpc) is 2.52. The van der Waals surface area contributed by atoms with Crippen molar-refractivity contribution in [3.8, 4) is 0 Å². The van der Waals surface area contributed by atoms with E-state index in [0.29, 0.717) is 25.6 Å². The molecule has 0 aromatic carbocycles. The van der Waals surface area contributed by atoms with E-state index < -0.39 is 5.97 Å². The van der Waals surface area contributed by atoms with Crippen LogP contribution in [0.3, 0.4) is 0 Å². The topological polar surface area (TPSA) is 101 Å². The van der Waals surface area contributed by atoms with E-state index in [0.717, 1.165) is 25.0 Å². The molecule has 2 heterocycles. The van der Waals surface area contributed by atoms with E-state index in [9.17, 15) is 9.59 Å². The molecule has 7 heteroatoms. The van der Waals surface area contributed by atoms with E-state index in [4.69, 9.17) is 9.84 Å². The Hall–Kier alpha value is -2.15. The summed E-state index contributed by atoms with van der Waals surface area (Å²) in [5.41, 5.74) is 0.733. The Balaban J connectivity index is 1.69. The third-order valence-electron chi connectivity index (χ3n) is 3.30. The molecule has 0 saturated carbocycles. The van der Waals surface area contributed by atoms with E-state index in [1.165, 1.54) is 12.3 Å². The lowest BCUT2D eigenvalue weighted by Gasteiger charge is -2.22. The number of urea groups is 1. The van der Waals surface area contributed by atoms with Crippen molar-refractivity contribution < 1.29 is 19.4 Å². The van der Waals surface area contributed by atoms with E-state index in [2.05, 4.69) is 15.6 Å². The normalized spacial score (nSPS) is 18.0. The van der Waals surface area contributed by atoms with Crippen molar-refractivity contribution in [2.75, 3.05) is 19.8 Å². The number of aromatic nitrogens is 1. The number of carboxylic acid groups (broad SMARTS) is 1. The number of hydrogen-bond acceptors (Lipinski definition) is 4. The number of hydrogen-bond donors (Lipinski definition) is 3. The number of carbonyl (C=O) groups excluding carboxylic acids is 1. The monoisotopic (exact) mass is 293 g/mol. The van der Waals surface area contributed by atoms with Crippen molar-refractivity contribution in [3.63, 3.8) is 0 Å². The molecule has 0 spiro atoms. The first kappa shape index (κ1) is 15.2. The fourth-order valence-electron chi connectivity index (χ4n) is 2.11. The van der Waals surface area contributed by atoms with Gasteiger partial charge in [0.25, 0.3) is 0 Å². The molecule has 2 amide bonds. The summed E-state index contributed by atoms with van der Waals surface area (Å²) in [4.78, 5) is 26.1. The minimum atomic E-state index is -1.07. The van der Waals surface area contributed by atoms with Gasteiger partial charge in [-0.25, -0.2) is 14.6 Å². The number of amides is 2. The molecule has 1 aliphatic rings. The Morgan fingerprint density at radius 1 is 1.38 bits per heavy atom. The fraction of sp³-hybridized carbons (Fsp3) is 0.500. The second kappa shape index (κ2) is 7.58. The van der Waals surface area contributed by atoms with E-state index in [1.807, 2.05) is 0 Å². The summed E-state index contributed by atoms with van der Waals surface area (Å²) in [5, 5.41) is 14.3. The molecular formula is C14H19N3O4. The van der Waals surface area contributed by atoms with Crippen molar-refractivity contribution in [2.45, 2.75) is 19.4 Å². The van der Waals surface area contributed by atoms with Crippen LogP contribution in [-0.4, -0.2) is 41.8 Å². The van der Waals surface area contributed by atoms with Crippen LogP contribution >= 0.6 is 0 Å². The molecule has 3 N–H and O–H groups in total. The summed E-state index contributed by atoms with van der Waals surface area (Å²) < 4.78 is 5.35. The van der Waals surface area contributed by atoms with Gasteiger partial charge in [-0.15, -0.1) is 0 Å². The van der Waals surface area contributed by atoms with Gasteiger partial charge in [-0.3, -0.25) is 0 Å². The maximum absolute atomic E-state index is 11.7. The first-order valence-corrected chi connectivity index (χ1v) is 6.93. The number of ether oxygens (including phenoxy) is 1. The van der Waals surface area contributed by atoms with Crippen LogP contribution in [0.2, 0.25) is 0 Å². The first-order valence-electron chi connectivity index (χ1n) is 6.93. The summed E-state index contributed by atoms with van der Waals surface area (Å²) in [7, 11) is 0. The number of carboxylic acids is 1. The van der Waals surface area contributed by atoms with Crippen molar-refractivity contribution in [2.24, 2.45) is 5.92 Å². The fourth-order valence-corrected chi connectivity index (χ4v) is 2.11. The molecule has 1 saturated heterocycles. The highest BCUT2D eigenvalue weighted by Gasteiger charge is 2.14.